The van der Waals surface area contributed by atoms with Crippen LogP contribution in [0.25, 0.3) is 23.0 Å². The maximum absolute atomic E-state index is 5.83. The summed E-state index contributed by atoms with van der Waals surface area (Å²) < 4.78 is 5.18. The number of benzene rings is 1. The molecule has 0 saturated carbocycles. The largest absolute Gasteiger partial charge is 0.397 e. The van der Waals surface area contributed by atoms with Crippen LogP contribution < -0.4 is 5.73 Å². The van der Waals surface area contributed by atoms with Crippen LogP contribution in [0.5, 0.6) is 0 Å². The van der Waals surface area contributed by atoms with Crippen molar-refractivity contribution in [3.8, 4) is 23.0 Å². The van der Waals surface area contributed by atoms with Gasteiger partial charge < -0.3 is 10.3 Å². The van der Waals surface area contributed by atoms with Crippen molar-refractivity contribution in [1.29, 1.82) is 0 Å². The topological polar surface area (TPSA) is 77.8 Å². The Hall–Kier alpha value is -2.40. The first-order chi connectivity index (χ1) is 9.24. The van der Waals surface area contributed by atoms with Gasteiger partial charge in [0, 0.05) is 16.8 Å². The van der Waals surface area contributed by atoms with E-state index in [0.717, 1.165) is 5.56 Å². The summed E-state index contributed by atoms with van der Waals surface area (Å²) in [5.74, 6) is 0.764. The molecule has 2 heterocycles. The molecule has 2 N–H and O–H groups in total. The first-order valence-electron chi connectivity index (χ1n) is 5.54. The van der Waals surface area contributed by atoms with Crippen molar-refractivity contribution in [2.45, 2.75) is 0 Å². The molecule has 94 valence electrons. The molecule has 0 fully saturated rings. The quantitative estimate of drug-likeness (QED) is 0.776. The van der Waals surface area contributed by atoms with Crippen molar-refractivity contribution in [2.75, 3.05) is 5.73 Å². The van der Waals surface area contributed by atoms with Gasteiger partial charge in [0.05, 0.1) is 5.69 Å². The second kappa shape index (κ2) is 4.70. The Morgan fingerprint density at radius 1 is 1.11 bits per heavy atom. The number of rotatable bonds is 2. The Kier molecular flexibility index (Phi) is 2.89. The molecule has 0 aliphatic heterocycles. The lowest BCUT2D eigenvalue weighted by Crippen LogP contribution is -1.92. The molecule has 1 aromatic carbocycles. The van der Waals surface area contributed by atoms with Crippen LogP contribution in [0.2, 0.25) is 5.02 Å². The van der Waals surface area contributed by atoms with E-state index in [1.807, 2.05) is 12.1 Å². The maximum atomic E-state index is 5.83. The van der Waals surface area contributed by atoms with Gasteiger partial charge in [-0.1, -0.05) is 16.8 Å². The van der Waals surface area contributed by atoms with E-state index in [4.69, 9.17) is 21.9 Å². The van der Waals surface area contributed by atoms with Gasteiger partial charge >= 0.3 is 0 Å². The van der Waals surface area contributed by atoms with Gasteiger partial charge in [0.25, 0.3) is 5.89 Å². The number of halogens is 1. The first kappa shape index (κ1) is 11.7. The van der Waals surface area contributed by atoms with Gasteiger partial charge in [-0.25, -0.2) is 4.98 Å². The minimum Gasteiger partial charge on any atom is -0.397 e. The highest BCUT2D eigenvalue weighted by molar-refractivity contribution is 6.30. The summed E-state index contributed by atoms with van der Waals surface area (Å²) in [4.78, 5) is 8.41. The van der Waals surface area contributed by atoms with E-state index in [1.54, 1.807) is 30.5 Å². The number of pyridine rings is 1. The number of aromatic nitrogens is 3. The number of nitrogens with two attached hydrogens (primary N) is 1. The fourth-order valence-corrected chi connectivity index (χ4v) is 1.76. The lowest BCUT2D eigenvalue weighted by atomic mass is 10.2. The molecule has 0 unspecified atom stereocenters. The monoisotopic (exact) mass is 272 g/mol. The van der Waals surface area contributed by atoms with Crippen LogP contribution >= 0.6 is 11.6 Å². The van der Waals surface area contributed by atoms with E-state index in [2.05, 4.69) is 15.1 Å². The molecule has 3 rings (SSSR count). The normalized spacial score (nSPS) is 10.6. The summed E-state index contributed by atoms with van der Waals surface area (Å²) in [5, 5.41) is 4.56. The Bertz CT molecular complexity index is 709. The highest BCUT2D eigenvalue weighted by Crippen LogP contribution is 2.25. The van der Waals surface area contributed by atoms with Crippen LogP contribution in [0, 0.1) is 0 Å². The molecule has 0 amide bonds. The number of nitrogen functional groups attached to an aromatic ring is 1. The summed E-state index contributed by atoms with van der Waals surface area (Å²) in [6.07, 6.45) is 1.62. The molecular formula is C13H9ClN4O. The molecule has 0 atom stereocenters. The molecule has 0 aliphatic carbocycles. The van der Waals surface area contributed by atoms with Crippen LogP contribution in [-0.2, 0) is 0 Å². The van der Waals surface area contributed by atoms with Crippen LogP contribution in [0.1, 0.15) is 0 Å². The Morgan fingerprint density at radius 3 is 2.63 bits per heavy atom. The molecule has 0 radical (unpaired) electrons. The van der Waals surface area contributed by atoms with E-state index in [-0.39, 0.29) is 0 Å². The minimum absolute atomic E-state index is 0.294. The molecule has 0 bridgehead atoms. The smallest absolute Gasteiger partial charge is 0.278 e. The van der Waals surface area contributed by atoms with Gasteiger partial charge in [-0.05, 0) is 36.4 Å². The van der Waals surface area contributed by atoms with Crippen molar-refractivity contribution in [1.82, 2.24) is 15.1 Å². The van der Waals surface area contributed by atoms with Gasteiger partial charge in [0.2, 0.25) is 5.82 Å². The molecule has 0 spiro atoms. The summed E-state index contributed by atoms with van der Waals surface area (Å²) in [6, 6.07) is 10.6. The third-order valence-electron chi connectivity index (χ3n) is 2.57. The zero-order valence-electron chi connectivity index (χ0n) is 9.75. The Morgan fingerprint density at radius 2 is 1.89 bits per heavy atom. The standard InChI is InChI=1S/C13H9ClN4O/c14-9-5-3-8(4-6-9)12-17-13(19-18-12)11-10(15)2-1-7-16-11/h1-7H,15H2. The molecule has 0 aliphatic rings. The molecule has 0 saturated heterocycles. The summed E-state index contributed by atoms with van der Waals surface area (Å²) in [6.45, 7) is 0. The van der Waals surface area contributed by atoms with Crippen molar-refractivity contribution in [3.63, 3.8) is 0 Å². The molecule has 2 aromatic heterocycles. The average Bonchev–Trinajstić information content (AvgIpc) is 2.89. The fourth-order valence-electron chi connectivity index (χ4n) is 1.63. The van der Waals surface area contributed by atoms with Crippen molar-refractivity contribution >= 4 is 17.3 Å². The SMILES string of the molecule is Nc1cccnc1-c1nc(-c2ccc(Cl)cc2)no1. The molecule has 6 heteroatoms. The van der Waals surface area contributed by atoms with E-state index in [9.17, 15) is 0 Å². The lowest BCUT2D eigenvalue weighted by molar-refractivity contribution is 0.431. The predicted molar refractivity (Wildman–Crippen MR) is 72.4 cm³/mol. The second-order valence-corrected chi connectivity index (χ2v) is 4.31. The third-order valence-corrected chi connectivity index (χ3v) is 2.82. The van der Waals surface area contributed by atoms with Crippen molar-refractivity contribution < 1.29 is 4.52 Å². The third kappa shape index (κ3) is 2.28. The van der Waals surface area contributed by atoms with Crippen LogP contribution in [0.4, 0.5) is 5.69 Å². The first-order valence-corrected chi connectivity index (χ1v) is 5.92. The molecule has 5 nitrogen and oxygen atoms in total. The zero-order chi connectivity index (χ0) is 13.2. The van der Waals surface area contributed by atoms with Gasteiger partial charge in [0.1, 0.15) is 0 Å². The van der Waals surface area contributed by atoms with E-state index in [1.165, 1.54) is 0 Å². The van der Waals surface area contributed by atoms with Gasteiger partial charge in [-0.3, -0.25) is 0 Å². The number of nitrogens with zero attached hydrogens (tertiary/aromatic N) is 3. The van der Waals surface area contributed by atoms with Crippen LogP contribution in [-0.4, -0.2) is 15.1 Å². The average molecular weight is 273 g/mol. The van der Waals surface area contributed by atoms with Crippen molar-refractivity contribution in [2.24, 2.45) is 0 Å². The van der Waals surface area contributed by atoms with Crippen LogP contribution in [0.15, 0.2) is 47.1 Å². The summed E-state index contributed by atoms with van der Waals surface area (Å²) in [5.41, 5.74) is 7.60. The second-order valence-electron chi connectivity index (χ2n) is 3.87. The summed E-state index contributed by atoms with van der Waals surface area (Å²) >= 11 is 5.83. The Balaban J connectivity index is 2.00. The highest BCUT2D eigenvalue weighted by Gasteiger charge is 2.13. The highest BCUT2D eigenvalue weighted by atomic mass is 35.5. The number of hydrogen-bond donors (Lipinski definition) is 1. The predicted octanol–water partition coefficient (Wildman–Crippen LogP) is 3.03. The Labute approximate surface area is 114 Å². The number of hydrogen-bond acceptors (Lipinski definition) is 5. The molecule has 3 aromatic rings. The maximum Gasteiger partial charge on any atom is 0.278 e. The van der Waals surface area contributed by atoms with E-state index >= 15 is 0 Å². The van der Waals surface area contributed by atoms with Crippen LogP contribution in [0.3, 0.4) is 0 Å². The van der Waals surface area contributed by atoms with E-state index in [0.29, 0.717) is 28.1 Å². The van der Waals surface area contributed by atoms with E-state index < -0.39 is 0 Å². The summed E-state index contributed by atoms with van der Waals surface area (Å²) in [7, 11) is 0. The minimum atomic E-state index is 0.294. The number of anilines is 1. The van der Waals surface area contributed by atoms with Crippen molar-refractivity contribution in [3.05, 3.63) is 47.6 Å². The molecular weight excluding hydrogens is 264 g/mol. The lowest BCUT2D eigenvalue weighted by Gasteiger charge is -1.96. The molecule has 19 heavy (non-hydrogen) atoms. The zero-order valence-corrected chi connectivity index (χ0v) is 10.5. The van der Waals surface area contributed by atoms with Gasteiger partial charge in [-0.15, -0.1) is 0 Å². The fraction of sp³-hybridized carbons (Fsp3) is 0. The van der Waals surface area contributed by atoms with Gasteiger partial charge in [-0.2, -0.15) is 4.98 Å². The van der Waals surface area contributed by atoms with Gasteiger partial charge in [0.15, 0.2) is 5.69 Å².